The molecule has 3 heteroatoms. The van der Waals surface area contributed by atoms with Crippen molar-refractivity contribution in [2.75, 3.05) is 0 Å². The Hall–Kier alpha value is -1.25. The van der Waals surface area contributed by atoms with Crippen molar-refractivity contribution in [3.05, 3.63) is 34.3 Å². The minimum atomic E-state index is -0.0806. The SMILES string of the molecule is [C-]#[N+]/C(C#N)=C1/C(=C/C)C(Cl)C(C)CC1CC. The van der Waals surface area contributed by atoms with Gasteiger partial charge in [-0.05, 0) is 36.3 Å². The van der Waals surface area contributed by atoms with Gasteiger partial charge in [-0.1, -0.05) is 26.3 Å². The van der Waals surface area contributed by atoms with E-state index in [0.29, 0.717) is 5.92 Å². The van der Waals surface area contributed by atoms with Crippen molar-refractivity contribution in [2.24, 2.45) is 11.8 Å². The van der Waals surface area contributed by atoms with Crippen molar-refractivity contribution in [1.29, 1.82) is 5.26 Å². The summed E-state index contributed by atoms with van der Waals surface area (Å²) in [5, 5.41) is 8.98. The van der Waals surface area contributed by atoms with Gasteiger partial charge in [-0.15, -0.1) is 11.6 Å². The Balaban J connectivity index is 3.37. The van der Waals surface area contributed by atoms with E-state index in [1.807, 2.05) is 19.1 Å². The Morgan fingerprint density at radius 2 is 2.35 bits per heavy atom. The quantitative estimate of drug-likeness (QED) is 0.386. The predicted octanol–water partition coefficient (Wildman–Crippen LogP) is 4.30. The normalized spacial score (nSPS) is 34.0. The largest absolute Gasteiger partial charge is 0.265 e. The van der Waals surface area contributed by atoms with Gasteiger partial charge in [0.05, 0.1) is 18.0 Å². The molecule has 17 heavy (non-hydrogen) atoms. The van der Waals surface area contributed by atoms with Gasteiger partial charge in [0.1, 0.15) is 0 Å². The molecule has 0 aromatic rings. The summed E-state index contributed by atoms with van der Waals surface area (Å²) in [6.07, 6.45) is 3.85. The van der Waals surface area contributed by atoms with Gasteiger partial charge >= 0.3 is 0 Å². The number of nitriles is 1. The van der Waals surface area contributed by atoms with Crippen LogP contribution in [0, 0.1) is 29.7 Å². The number of allylic oxidation sites excluding steroid dienone is 4. The number of hydrogen-bond donors (Lipinski definition) is 0. The predicted molar refractivity (Wildman–Crippen MR) is 70.2 cm³/mol. The lowest BCUT2D eigenvalue weighted by molar-refractivity contribution is 0.391. The first-order valence-electron chi connectivity index (χ1n) is 5.92. The van der Waals surface area contributed by atoms with Crippen LogP contribution in [0.25, 0.3) is 4.85 Å². The van der Waals surface area contributed by atoms with Crippen molar-refractivity contribution in [2.45, 2.75) is 39.0 Å². The van der Waals surface area contributed by atoms with Crippen LogP contribution in [0.1, 0.15) is 33.6 Å². The average molecular weight is 249 g/mol. The van der Waals surface area contributed by atoms with Gasteiger partial charge < -0.3 is 0 Å². The summed E-state index contributed by atoms with van der Waals surface area (Å²) >= 11 is 6.39. The highest BCUT2D eigenvalue weighted by atomic mass is 35.5. The molecule has 0 aromatic heterocycles. The highest BCUT2D eigenvalue weighted by Crippen LogP contribution is 2.43. The smallest absolute Gasteiger partial charge is 0.226 e. The highest BCUT2D eigenvalue weighted by Gasteiger charge is 2.34. The molecule has 3 atom stereocenters. The van der Waals surface area contributed by atoms with Crippen LogP contribution in [-0.4, -0.2) is 5.38 Å². The number of alkyl halides is 1. The number of halogens is 1. The molecule has 2 nitrogen and oxygen atoms in total. The molecule has 0 aromatic carbocycles. The van der Waals surface area contributed by atoms with E-state index in [1.165, 1.54) is 0 Å². The lowest BCUT2D eigenvalue weighted by atomic mass is 9.73. The second kappa shape index (κ2) is 5.89. The fraction of sp³-hybridized carbons (Fsp3) is 0.571. The summed E-state index contributed by atoms with van der Waals surface area (Å²) < 4.78 is 0. The maximum Gasteiger partial charge on any atom is 0.265 e. The van der Waals surface area contributed by atoms with E-state index in [9.17, 15) is 0 Å². The minimum absolute atomic E-state index is 0.0806. The van der Waals surface area contributed by atoms with Crippen LogP contribution in [0.15, 0.2) is 22.9 Å². The summed E-state index contributed by atoms with van der Waals surface area (Å²) in [5.41, 5.74) is 2.07. The molecule has 0 N–H and O–H groups in total. The van der Waals surface area contributed by atoms with Gasteiger partial charge in [0.2, 0.25) is 0 Å². The minimum Gasteiger partial charge on any atom is -0.226 e. The van der Waals surface area contributed by atoms with Crippen molar-refractivity contribution in [3.8, 4) is 6.07 Å². The first-order valence-corrected chi connectivity index (χ1v) is 6.36. The standard InChI is InChI=1S/C14H17ClN2/c1-5-10-7-9(3)14(15)11(6-2)13(10)12(8-16)17-4/h6,9-10,14H,5,7H2,1-3H3/b11-6-,13-12+. The molecule has 1 saturated carbocycles. The Labute approximate surface area is 108 Å². The van der Waals surface area contributed by atoms with E-state index in [0.717, 1.165) is 24.0 Å². The zero-order valence-electron chi connectivity index (χ0n) is 10.5. The van der Waals surface area contributed by atoms with Crippen molar-refractivity contribution in [1.82, 2.24) is 0 Å². The molecule has 0 bridgehead atoms. The molecule has 0 aliphatic heterocycles. The topological polar surface area (TPSA) is 28.1 Å². The van der Waals surface area contributed by atoms with Crippen LogP contribution in [0.2, 0.25) is 0 Å². The summed E-state index contributed by atoms with van der Waals surface area (Å²) in [7, 11) is 0. The van der Waals surface area contributed by atoms with Crippen LogP contribution >= 0.6 is 11.6 Å². The molecule has 0 radical (unpaired) electrons. The van der Waals surface area contributed by atoms with Crippen LogP contribution in [-0.2, 0) is 0 Å². The summed E-state index contributed by atoms with van der Waals surface area (Å²) in [6.45, 7) is 13.3. The Morgan fingerprint density at radius 1 is 1.71 bits per heavy atom. The maximum atomic E-state index is 9.07. The van der Waals surface area contributed by atoms with E-state index in [1.54, 1.807) is 0 Å². The van der Waals surface area contributed by atoms with E-state index in [4.69, 9.17) is 23.4 Å². The van der Waals surface area contributed by atoms with Gasteiger partial charge in [0.15, 0.2) is 0 Å². The van der Waals surface area contributed by atoms with Gasteiger partial charge in [-0.3, -0.25) is 0 Å². The molecule has 1 fully saturated rings. The average Bonchev–Trinajstić information content (AvgIpc) is 2.35. The Kier molecular flexibility index (Phi) is 4.79. The fourth-order valence-corrected chi connectivity index (χ4v) is 2.88. The van der Waals surface area contributed by atoms with E-state index >= 15 is 0 Å². The Morgan fingerprint density at radius 3 is 2.76 bits per heavy atom. The first-order chi connectivity index (χ1) is 8.10. The number of rotatable bonds is 1. The van der Waals surface area contributed by atoms with Crippen LogP contribution in [0.4, 0.5) is 0 Å². The van der Waals surface area contributed by atoms with E-state index < -0.39 is 0 Å². The van der Waals surface area contributed by atoms with Gasteiger partial charge in [-0.2, -0.15) is 0 Å². The molecule has 0 spiro atoms. The maximum absolute atomic E-state index is 9.07. The van der Waals surface area contributed by atoms with Crippen LogP contribution < -0.4 is 0 Å². The summed E-state index contributed by atoms with van der Waals surface area (Å²) in [4.78, 5) is 3.36. The third kappa shape index (κ3) is 2.54. The van der Waals surface area contributed by atoms with Crippen molar-refractivity contribution < 1.29 is 0 Å². The van der Waals surface area contributed by atoms with Gasteiger partial charge in [0.25, 0.3) is 5.70 Å². The summed E-state index contributed by atoms with van der Waals surface area (Å²) in [5.74, 6) is 0.678. The fourth-order valence-electron chi connectivity index (χ4n) is 2.54. The van der Waals surface area contributed by atoms with Crippen molar-refractivity contribution in [3.63, 3.8) is 0 Å². The summed E-state index contributed by atoms with van der Waals surface area (Å²) in [6, 6.07) is 2.01. The molecular formula is C14H17ClN2. The molecular weight excluding hydrogens is 232 g/mol. The number of hydrogen-bond acceptors (Lipinski definition) is 1. The zero-order valence-corrected chi connectivity index (χ0v) is 11.3. The molecule has 1 aliphatic rings. The van der Waals surface area contributed by atoms with Gasteiger partial charge in [0, 0.05) is 0 Å². The van der Waals surface area contributed by atoms with Crippen molar-refractivity contribution >= 4 is 11.6 Å². The molecule has 0 saturated heterocycles. The highest BCUT2D eigenvalue weighted by molar-refractivity contribution is 6.23. The van der Waals surface area contributed by atoms with Crippen LogP contribution in [0.5, 0.6) is 0 Å². The molecule has 0 heterocycles. The lowest BCUT2D eigenvalue weighted by Gasteiger charge is -2.35. The van der Waals surface area contributed by atoms with Gasteiger partial charge in [-0.25, -0.2) is 10.1 Å². The zero-order chi connectivity index (χ0) is 13.0. The molecule has 1 rings (SSSR count). The van der Waals surface area contributed by atoms with Crippen LogP contribution in [0.3, 0.4) is 0 Å². The third-order valence-electron chi connectivity index (χ3n) is 3.45. The van der Waals surface area contributed by atoms with E-state index in [2.05, 4.69) is 18.7 Å². The second-order valence-electron chi connectivity index (χ2n) is 4.45. The lowest BCUT2D eigenvalue weighted by Crippen LogP contribution is -2.28. The molecule has 3 unspecified atom stereocenters. The molecule has 90 valence electrons. The Bertz CT molecular complexity index is 418. The van der Waals surface area contributed by atoms with E-state index in [-0.39, 0.29) is 17.0 Å². The molecule has 0 amide bonds. The molecule has 1 aliphatic carbocycles. The monoisotopic (exact) mass is 248 g/mol. The second-order valence-corrected chi connectivity index (χ2v) is 4.92. The number of nitrogens with zero attached hydrogens (tertiary/aromatic N) is 2. The first kappa shape index (κ1) is 13.8. The third-order valence-corrected chi connectivity index (χ3v) is 4.11.